The lowest BCUT2D eigenvalue weighted by molar-refractivity contribution is 0.0420. The number of nitrogens with zero attached hydrogens (tertiary/aromatic N) is 3. The van der Waals surface area contributed by atoms with Crippen LogP contribution in [0.1, 0.15) is 18.5 Å². The number of hydrogen-bond acceptors (Lipinski definition) is 6. The van der Waals surface area contributed by atoms with Crippen molar-refractivity contribution in [1.82, 2.24) is 15.6 Å². The Kier molecular flexibility index (Phi) is 7.57. The van der Waals surface area contributed by atoms with Gasteiger partial charge in [0, 0.05) is 46.3 Å². The summed E-state index contributed by atoms with van der Waals surface area (Å²) in [5, 5.41) is 9.64. The Morgan fingerprint density at radius 3 is 3.04 bits per heavy atom. The first kappa shape index (κ1) is 18.0. The zero-order chi connectivity index (χ0) is 16.5. The summed E-state index contributed by atoms with van der Waals surface area (Å²) in [6, 6.07) is 0. The molecule has 0 radical (unpaired) electrons. The minimum absolute atomic E-state index is 0.281. The number of aromatic nitrogens is 1. The highest BCUT2D eigenvalue weighted by molar-refractivity contribution is 7.13. The molecular weight excluding hydrogens is 314 g/mol. The van der Waals surface area contributed by atoms with E-state index in [9.17, 15) is 0 Å². The van der Waals surface area contributed by atoms with Gasteiger partial charge in [-0.05, 0) is 12.8 Å². The molecule has 0 saturated carbocycles. The highest BCUT2D eigenvalue weighted by atomic mass is 32.1. The molecule has 1 aromatic rings. The van der Waals surface area contributed by atoms with Gasteiger partial charge in [0.2, 0.25) is 0 Å². The van der Waals surface area contributed by atoms with E-state index in [4.69, 9.17) is 9.47 Å². The Bertz CT molecular complexity index is 486. The third kappa shape index (κ3) is 6.32. The maximum absolute atomic E-state index is 5.73. The average molecular weight is 341 g/mol. The maximum atomic E-state index is 5.73. The zero-order valence-corrected chi connectivity index (χ0v) is 15.0. The molecule has 0 amide bonds. The van der Waals surface area contributed by atoms with Crippen LogP contribution in [0.4, 0.5) is 5.13 Å². The van der Waals surface area contributed by atoms with Gasteiger partial charge in [0.15, 0.2) is 11.1 Å². The van der Waals surface area contributed by atoms with Crippen molar-refractivity contribution in [2.45, 2.75) is 25.5 Å². The normalized spacial score (nSPS) is 18.2. The molecule has 2 N–H and O–H groups in total. The first-order chi connectivity index (χ1) is 11.2. The molecule has 1 aliphatic heterocycles. The fourth-order valence-electron chi connectivity index (χ4n) is 2.15. The number of hydrogen-bond donors (Lipinski definition) is 2. The lowest BCUT2D eigenvalue weighted by atomic mass is 10.3. The van der Waals surface area contributed by atoms with Crippen molar-refractivity contribution < 1.29 is 9.47 Å². The van der Waals surface area contributed by atoms with Crippen LogP contribution >= 0.6 is 11.3 Å². The van der Waals surface area contributed by atoms with Crippen LogP contribution in [0.3, 0.4) is 0 Å². The Morgan fingerprint density at radius 1 is 1.52 bits per heavy atom. The van der Waals surface area contributed by atoms with E-state index < -0.39 is 0 Å². The highest BCUT2D eigenvalue weighted by Gasteiger charge is 2.15. The molecule has 1 atom stereocenters. The van der Waals surface area contributed by atoms with Crippen molar-refractivity contribution >= 4 is 22.4 Å². The van der Waals surface area contributed by atoms with Gasteiger partial charge in [-0.3, -0.25) is 4.99 Å². The molecule has 2 heterocycles. The van der Waals surface area contributed by atoms with Gasteiger partial charge in [-0.1, -0.05) is 0 Å². The lowest BCUT2D eigenvalue weighted by Crippen LogP contribution is -2.37. The minimum atomic E-state index is 0.281. The number of aliphatic imine (C=N–C) groups is 1. The standard InChI is InChI=1S/C15H27N5O2S/c1-16-14(17-6-4-7-22-13-5-8-21-10-13)18-9-12-11-23-15(19-12)20(2)3/h11,13H,4-10H2,1-3H3,(H2,16,17,18). The molecule has 1 fully saturated rings. The molecular formula is C15H27N5O2S. The summed E-state index contributed by atoms with van der Waals surface area (Å²) < 4.78 is 11.0. The van der Waals surface area contributed by atoms with Crippen LogP contribution < -0.4 is 15.5 Å². The van der Waals surface area contributed by atoms with E-state index >= 15 is 0 Å². The van der Waals surface area contributed by atoms with Crippen LogP contribution in [-0.4, -0.2) is 64.6 Å². The Morgan fingerprint density at radius 2 is 2.39 bits per heavy atom. The average Bonchev–Trinajstić information content (AvgIpc) is 3.21. The third-order valence-corrected chi connectivity index (χ3v) is 4.49. The van der Waals surface area contributed by atoms with Crippen molar-refractivity contribution in [1.29, 1.82) is 0 Å². The molecule has 8 heteroatoms. The summed E-state index contributed by atoms with van der Waals surface area (Å²) >= 11 is 1.64. The van der Waals surface area contributed by atoms with Crippen LogP contribution in [0.25, 0.3) is 0 Å². The summed E-state index contributed by atoms with van der Waals surface area (Å²) in [6.07, 6.45) is 2.24. The fraction of sp³-hybridized carbons (Fsp3) is 0.733. The van der Waals surface area contributed by atoms with E-state index in [0.717, 1.165) is 56.0 Å². The minimum Gasteiger partial charge on any atom is -0.379 e. The summed E-state index contributed by atoms with van der Waals surface area (Å²) in [5.74, 6) is 0.786. The van der Waals surface area contributed by atoms with E-state index in [0.29, 0.717) is 6.54 Å². The summed E-state index contributed by atoms with van der Waals surface area (Å²) in [6.45, 7) is 3.80. The van der Waals surface area contributed by atoms with Gasteiger partial charge in [0.1, 0.15) is 0 Å². The van der Waals surface area contributed by atoms with Gasteiger partial charge in [0.05, 0.1) is 24.9 Å². The van der Waals surface area contributed by atoms with Crippen LogP contribution in [0.15, 0.2) is 10.4 Å². The monoisotopic (exact) mass is 341 g/mol. The highest BCUT2D eigenvalue weighted by Crippen LogP contribution is 2.17. The molecule has 130 valence electrons. The second kappa shape index (κ2) is 9.69. The maximum Gasteiger partial charge on any atom is 0.191 e. The van der Waals surface area contributed by atoms with Crippen molar-refractivity contribution in [3.8, 4) is 0 Å². The second-order valence-corrected chi connectivity index (χ2v) is 6.41. The molecule has 2 rings (SSSR count). The Hall–Kier alpha value is -1.38. The number of rotatable bonds is 8. The van der Waals surface area contributed by atoms with E-state index in [2.05, 4.69) is 26.0 Å². The van der Waals surface area contributed by atoms with Crippen molar-refractivity contribution in [3.63, 3.8) is 0 Å². The summed E-state index contributed by atoms with van der Waals surface area (Å²) in [5.41, 5.74) is 1.02. The first-order valence-electron chi connectivity index (χ1n) is 7.94. The number of thiazole rings is 1. The Balaban J connectivity index is 1.59. The van der Waals surface area contributed by atoms with Gasteiger partial charge in [-0.25, -0.2) is 4.98 Å². The second-order valence-electron chi connectivity index (χ2n) is 5.58. The quantitative estimate of drug-likeness (QED) is 0.419. The summed E-state index contributed by atoms with van der Waals surface area (Å²) in [7, 11) is 5.76. The SMILES string of the molecule is CN=C(NCCCOC1CCOC1)NCc1csc(N(C)C)n1. The molecule has 1 unspecified atom stereocenters. The van der Waals surface area contributed by atoms with Gasteiger partial charge in [-0.15, -0.1) is 11.3 Å². The zero-order valence-electron chi connectivity index (χ0n) is 14.2. The van der Waals surface area contributed by atoms with Gasteiger partial charge < -0.3 is 25.0 Å². The first-order valence-corrected chi connectivity index (χ1v) is 8.82. The molecule has 0 spiro atoms. The molecule has 0 aromatic carbocycles. The van der Waals surface area contributed by atoms with Crippen molar-refractivity contribution in [2.24, 2.45) is 4.99 Å². The third-order valence-electron chi connectivity index (χ3n) is 3.44. The van der Waals surface area contributed by atoms with Gasteiger partial charge in [-0.2, -0.15) is 0 Å². The predicted octanol–water partition coefficient (Wildman–Crippen LogP) is 1.07. The van der Waals surface area contributed by atoms with Crippen LogP contribution in [0, 0.1) is 0 Å². The van der Waals surface area contributed by atoms with E-state index in [1.807, 2.05) is 19.0 Å². The van der Waals surface area contributed by atoms with Crippen LogP contribution in [0.5, 0.6) is 0 Å². The number of ether oxygens (including phenoxy) is 2. The Labute approximate surface area is 142 Å². The molecule has 0 bridgehead atoms. The molecule has 0 aliphatic carbocycles. The van der Waals surface area contributed by atoms with E-state index in [1.165, 1.54) is 0 Å². The summed E-state index contributed by atoms with van der Waals surface area (Å²) in [4.78, 5) is 10.8. The number of guanidine groups is 1. The van der Waals surface area contributed by atoms with E-state index in [-0.39, 0.29) is 6.10 Å². The molecule has 1 saturated heterocycles. The van der Waals surface area contributed by atoms with Crippen LogP contribution in [-0.2, 0) is 16.0 Å². The number of anilines is 1. The smallest absolute Gasteiger partial charge is 0.191 e. The van der Waals surface area contributed by atoms with Crippen molar-refractivity contribution in [2.75, 3.05) is 52.4 Å². The lowest BCUT2D eigenvalue weighted by Gasteiger charge is -2.12. The topological polar surface area (TPSA) is 71.0 Å². The van der Waals surface area contributed by atoms with Crippen LogP contribution in [0.2, 0.25) is 0 Å². The fourth-order valence-corrected chi connectivity index (χ4v) is 2.91. The van der Waals surface area contributed by atoms with Gasteiger partial charge >= 0.3 is 0 Å². The van der Waals surface area contributed by atoms with Crippen molar-refractivity contribution in [3.05, 3.63) is 11.1 Å². The largest absolute Gasteiger partial charge is 0.379 e. The predicted molar refractivity (Wildman–Crippen MR) is 94.4 cm³/mol. The molecule has 23 heavy (non-hydrogen) atoms. The van der Waals surface area contributed by atoms with Gasteiger partial charge in [0.25, 0.3) is 0 Å². The molecule has 1 aliphatic rings. The molecule has 1 aromatic heterocycles. The number of nitrogens with one attached hydrogen (secondary N) is 2. The van der Waals surface area contributed by atoms with E-state index in [1.54, 1.807) is 18.4 Å². The molecule has 7 nitrogen and oxygen atoms in total.